The molecule has 1 aliphatic carbocycles. The number of benzene rings is 1. The molecule has 0 fully saturated rings. The molecule has 0 amide bonds. The minimum Gasteiger partial charge on any atom is -0.434 e. The van der Waals surface area contributed by atoms with Crippen LogP contribution >= 0.6 is 11.3 Å². The number of nitrogens with zero attached hydrogens (tertiary/aromatic N) is 2. The minimum atomic E-state index is -2.88. The lowest BCUT2D eigenvalue weighted by Gasteiger charge is -2.17. The lowest BCUT2D eigenvalue weighted by molar-refractivity contribution is -0.0499. The summed E-state index contributed by atoms with van der Waals surface area (Å²) in [5.41, 5.74) is 2.18. The third-order valence-electron chi connectivity index (χ3n) is 4.06. The number of para-hydroxylation sites is 1. The Hall–Kier alpha value is -2.26. The molecule has 0 N–H and O–H groups in total. The van der Waals surface area contributed by atoms with E-state index in [1.807, 2.05) is 0 Å². The fourth-order valence-corrected chi connectivity index (χ4v) is 4.01. The van der Waals surface area contributed by atoms with Crippen molar-refractivity contribution in [2.75, 3.05) is 0 Å². The number of aryl methyl sites for hydroxylation is 1. The van der Waals surface area contributed by atoms with Crippen LogP contribution in [-0.2, 0) is 12.8 Å². The summed E-state index contributed by atoms with van der Waals surface area (Å²) in [5.74, 6) is 0.640. The van der Waals surface area contributed by atoms with E-state index in [-0.39, 0.29) is 5.75 Å². The molecule has 3 rings (SSSR count). The smallest absolute Gasteiger partial charge is 0.387 e. The van der Waals surface area contributed by atoms with Gasteiger partial charge in [0.1, 0.15) is 16.8 Å². The van der Waals surface area contributed by atoms with Crippen molar-refractivity contribution >= 4 is 22.6 Å². The van der Waals surface area contributed by atoms with Crippen molar-refractivity contribution in [3.63, 3.8) is 0 Å². The molecule has 0 aliphatic heterocycles. The average Bonchev–Trinajstić information content (AvgIpc) is 2.90. The number of halogens is 2. The average molecular weight is 346 g/mol. The van der Waals surface area contributed by atoms with Gasteiger partial charge in [-0.1, -0.05) is 19.1 Å². The van der Waals surface area contributed by atoms with Gasteiger partial charge in [-0.2, -0.15) is 14.0 Å². The van der Waals surface area contributed by atoms with Gasteiger partial charge in [0.05, 0.1) is 5.56 Å². The van der Waals surface area contributed by atoms with Crippen LogP contribution in [0, 0.1) is 17.2 Å². The van der Waals surface area contributed by atoms with Gasteiger partial charge in [-0.15, -0.1) is 11.3 Å². The lowest BCUT2D eigenvalue weighted by Crippen LogP contribution is -2.09. The molecular formula is C18H16F2N2OS. The molecule has 1 aliphatic rings. The van der Waals surface area contributed by atoms with Gasteiger partial charge in [0.15, 0.2) is 0 Å². The Morgan fingerprint density at radius 2 is 2.21 bits per heavy atom. The van der Waals surface area contributed by atoms with Gasteiger partial charge in [-0.05, 0) is 42.9 Å². The van der Waals surface area contributed by atoms with Crippen LogP contribution in [0.5, 0.6) is 5.75 Å². The zero-order chi connectivity index (χ0) is 17.1. The molecule has 2 aromatic rings. The molecule has 124 valence electrons. The van der Waals surface area contributed by atoms with Crippen LogP contribution in [-0.4, -0.2) is 12.8 Å². The molecule has 24 heavy (non-hydrogen) atoms. The minimum absolute atomic E-state index is 0.0738. The zero-order valence-corrected chi connectivity index (χ0v) is 13.9. The normalized spacial score (nSPS) is 17.0. The number of aliphatic imine (C=N–C) groups is 1. The Kier molecular flexibility index (Phi) is 4.91. The largest absolute Gasteiger partial charge is 0.434 e. The molecule has 0 saturated carbocycles. The van der Waals surface area contributed by atoms with Crippen LogP contribution in [0.3, 0.4) is 0 Å². The van der Waals surface area contributed by atoms with Crippen LogP contribution in [0.15, 0.2) is 29.3 Å². The van der Waals surface area contributed by atoms with Gasteiger partial charge in [0.2, 0.25) is 0 Å². The first kappa shape index (κ1) is 16.6. The lowest BCUT2D eigenvalue weighted by atomic mass is 9.88. The molecule has 0 unspecified atom stereocenters. The third kappa shape index (κ3) is 3.46. The monoisotopic (exact) mass is 346 g/mol. The number of alkyl halides is 2. The van der Waals surface area contributed by atoms with E-state index in [0.29, 0.717) is 22.0 Å². The summed E-state index contributed by atoms with van der Waals surface area (Å²) in [5, 5.41) is 10.1. The predicted octanol–water partition coefficient (Wildman–Crippen LogP) is 5.10. The molecule has 0 spiro atoms. The number of nitriles is 1. The number of ether oxygens (including phenoxy) is 1. The highest BCUT2D eigenvalue weighted by atomic mass is 32.1. The topological polar surface area (TPSA) is 45.4 Å². The standard InChI is InChI=1S/C18H16F2N2OS/c1-11-6-7-16-13(8-11)14(9-21)17(24-16)22-10-12-4-2-3-5-15(12)23-18(19)20/h2-5,10-11,18H,6-8H2,1H3/t11-/m1/s1. The summed E-state index contributed by atoms with van der Waals surface area (Å²) in [6.45, 7) is -0.701. The number of fused-ring (bicyclic) bond motifs is 1. The molecule has 1 atom stereocenters. The number of thiophene rings is 1. The fraction of sp³-hybridized carbons (Fsp3) is 0.333. The molecule has 0 bridgehead atoms. The second-order valence-electron chi connectivity index (χ2n) is 5.82. The van der Waals surface area contributed by atoms with Crippen LogP contribution in [0.2, 0.25) is 0 Å². The quantitative estimate of drug-likeness (QED) is 0.723. The highest BCUT2D eigenvalue weighted by molar-refractivity contribution is 7.16. The van der Waals surface area contributed by atoms with Crippen molar-refractivity contribution in [1.29, 1.82) is 5.26 Å². The Bertz CT molecular complexity index is 808. The number of hydrogen-bond donors (Lipinski definition) is 0. The fourth-order valence-electron chi connectivity index (χ4n) is 2.87. The van der Waals surface area contributed by atoms with Crippen LogP contribution in [0.4, 0.5) is 13.8 Å². The molecule has 1 heterocycles. The van der Waals surface area contributed by atoms with Gasteiger partial charge in [-0.25, -0.2) is 4.99 Å². The SMILES string of the molecule is C[C@@H]1CCc2sc(N=Cc3ccccc3OC(F)F)c(C#N)c2C1. The Labute approximate surface area is 143 Å². The molecule has 3 nitrogen and oxygen atoms in total. The first-order chi connectivity index (χ1) is 11.6. The van der Waals surface area contributed by atoms with Gasteiger partial charge in [0.25, 0.3) is 0 Å². The maximum Gasteiger partial charge on any atom is 0.387 e. The number of rotatable bonds is 4. The molecule has 6 heteroatoms. The van der Waals surface area contributed by atoms with E-state index < -0.39 is 6.61 Å². The summed E-state index contributed by atoms with van der Waals surface area (Å²) in [6.07, 6.45) is 4.47. The zero-order valence-electron chi connectivity index (χ0n) is 13.1. The molecule has 1 aromatic heterocycles. The highest BCUT2D eigenvalue weighted by Gasteiger charge is 2.23. The van der Waals surface area contributed by atoms with Crippen LogP contribution < -0.4 is 4.74 Å². The second-order valence-corrected chi connectivity index (χ2v) is 6.90. The molecule has 0 radical (unpaired) electrons. The van der Waals surface area contributed by atoms with Gasteiger partial charge >= 0.3 is 6.61 Å². The van der Waals surface area contributed by atoms with E-state index in [9.17, 15) is 14.0 Å². The maximum atomic E-state index is 12.5. The van der Waals surface area contributed by atoms with Crippen LogP contribution in [0.1, 0.15) is 34.9 Å². The van der Waals surface area contributed by atoms with E-state index in [1.165, 1.54) is 28.5 Å². The van der Waals surface area contributed by atoms with Crippen molar-refractivity contribution in [2.24, 2.45) is 10.9 Å². The Morgan fingerprint density at radius 3 is 2.96 bits per heavy atom. The van der Waals surface area contributed by atoms with Crippen molar-refractivity contribution in [1.82, 2.24) is 0 Å². The molecule has 0 saturated heterocycles. The summed E-state index contributed by atoms with van der Waals surface area (Å²) in [6, 6.07) is 8.73. The van der Waals surface area contributed by atoms with E-state index >= 15 is 0 Å². The Balaban J connectivity index is 1.92. The summed E-state index contributed by atoms with van der Waals surface area (Å²) < 4.78 is 29.4. The molecular weight excluding hydrogens is 330 g/mol. The third-order valence-corrected chi connectivity index (χ3v) is 5.26. The summed E-state index contributed by atoms with van der Waals surface area (Å²) in [4.78, 5) is 5.61. The van der Waals surface area contributed by atoms with Gasteiger partial charge < -0.3 is 4.74 Å². The van der Waals surface area contributed by atoms with E-state index in [4.69, 9.17) is 0 Å². The van der Waals surface area contributed by atoms with Crippen molar-refractivity contribution in [2.45, 2.75) is 32.8 Å². The molecule has 1 aromatic carbocycles. The van der Waals surface area contributed by atoms with Gasteiger partial charge in [0, 0.05) is 16.7 Å². The first-order valence-electron chi connectivity index (χ1n) is 7.71. The van der Waals surface area contributed by atoms with E-state index in [1.54, 1.807) is 18.2 Å². The Morgan fingerprint density at radius 1 is 1.42 bits per heavy atom. The first-order valence-corrected chi connectivity index (χ1v) is 8.52. The predicted molar refractivity (Wildman–Crippen MR) is 90.6 cm³/mol. The summed E-state index contributed by atoms with van der Waals surface area (Å²) in [7, 11) is 0. The van der Waals surface area contributed by atoms with Crippen molar-refractivity contribution in [3.05, 3.63) is 45.8 Å². The van der Waals surface area contributed by atoms with Crippen molar-refractivity contribution < 1.29 is 13.5 Å². The van der Waals surface area contributed by atoms with Gasteiger partial charge in [-0.3, -0.25) is 0 Å². The second kappa shape index (κ2) is 7.10. The highest BCUT2D eigenvalue weighted by Crippen LogP contribution is 2.40. The van der Waals surface area contributed by atoms with Crippen LogP contribution in [0.25, 0.3) is 0 Å². The summed E-state index contributed by atoms with van der Waals surface area (Å²) >= 11 is 1.52. The van der Waals surface area contributed by atoms with E-state index in [2.05, 4.69) is 22.7 Å². The number of hydrogen-bond acceptors (Lipinski definition) is 4. The maximum absolute atomic E-state index is 12.5. The van der Waals surface area contributed by atoms with Crippen molar-refractivity contribution in [3.8, 4) is 11.8 Å². The van der Waals surface area contributed by atoms with E-state index in [0.717, 1.165) is 24.8 Å².